The smallest absolute Gasteiger partial charge is 0.220 e. The molecule has 1 aromatic rings. The van der Waals surface area contributed by atoms with Gasteiger partial charge in [-0.15, -0.1) is 0 Å². The van der Waals surface area contributed by atoms with Crippen LogP contribution in [0.1, 0.15) is 90.5 Å². The third-order valence-electron chi connectivity index (χ3n) is 9.08. The molecule has 2 aliphatic heterocycles. The van der Waals surface area contributed by atoms with Crippen molar-refractivity contribution in [2.75, 3.05) is 45.4 Å². The van der Waals surface area contributed by atoms with Crippen LogP contribution in [0.25, 0.3) is 0 Å². The summed E-state index contributed by atoms with van der Waals surface area (Å²) in [6.45, 7) is 10.5. The van der Waals surface area contributed by atoms with E-state index in [2.05, 4.69) is 54.5 Å². The van der Waals surface area contributed by atoms with Crippen LogP contribution in [0.3, 0.4) is 0 Å². The molecule has 1 saturated carbocycles. The maximum Gasteiger partial charge on any atom is 0.220 e. The molecule has 8 heteroatoms. The molecule has 0 bridgehead atoms. The van der Waals surface area contributed by atoms with Gasteiger partial charge in [0.05, 0.1) is 31.0 Å². The van der Waals surface area contributed by atoms with Crippen LogP contribution >= 0.6 is 0 Å². The Morgan fingerprint density at radius 3 is 2.61 bits per heavy atom. The first-order valence-corrected chi connectivity index (χ1v) is 16.0. The number of rotatable bonds is 14. The summed E-state index contributed by atoms with van der Waals surface area (Å²) >= 11 is 0. The molecule has 2 heterocycles. The molecule has 1 aromatic carbocycles. The van der Waals surface area contributed by atoms with E-state index in [9.17, 15) is 4.79 Å². The number of anilines is 1. The van der Waals surface area contributed by atoms with Crippen LogP contribution < -0.4 is 20.3 Å². The number of nitrogens with one attached hydrogen (secondary N) is 2. The summed E-state index contributed by atoms with van der Waals surface area (Å²) in [4.78, 5) is 15.2. The van der Waals surface area contributed by atoms with E-state index >= 15 is 0 Å². The molecule has 1 unspecified atom stereocenters. The monoisotopic (exact) mass is 573 g/mol. The van der Waals surface area contributed by atoms with Crippen LogP contribution in [0.5, 0.6) is 5.75 Å². The largest absolute Gasteiger partial charge is 0.484 e. The first-order chi connectivity index (χ1) is 19.8. The molecule has 1 amide bonds. The van der Waals surface area contributed by atoms with E-state index in [4.69, 9.17) is 18.9 Å². The number of carbonyl (C=O) groups excluding carboxylic acids is 1. The Morgan fingerprint density at radius 2 is 1.93 bits per heavy atom. The summed E-state index contributed by atoms with van der Waals surface area (Å²) in [5.41, 5.74) is 2.11. The van der Waals surface area contributed by atoms with Crippen LogP contribution in [0.4, 0.5) is 5.69 Å². The Morgan fingerprint density at radius 1 is 1.15 bits per heavy atom. The molecule has 1 saturated heterocycles. The fraction of sp³-hybridized carbons (Fsp3) is 0.788. The van der Waals surface area contributed by atoms with Crippen LogP contribution in [0.2, 0.25) is 0 Å². The Bertz CT molecular complexity index is 941. The van der Waals surface area contributed by atoms with Crippen molar-refractivity contribution in [3.63, 3.8) is 0 Å². The zero-order valence-corrected chi connectivity index (χ0v) is 26.2. The van der Waals surface area contributed by atoms with Gasteiger partial charge in [-0.3, -0.25) is 4.79 Å². The first-order valence-electron chi connectivity index (χ1n) is 16.0. The lowest BCUT2D eigenvalue weighted by Crippen LogP contribution is -2.47. The van der Waals surface area contributed by atoms with Crippen LogP contribution in [0, 0.1) is 5.92 Å². The maximum absolute atomic E-state index is 12.8. The molecule has 2 fully saturated rings. The van der Waals surface area contributed by atoms with Crippen molar-refractivity contribution >= 4 is 11.6 Å². The summed E-state index contributed by atoms with van der Waals surface area (Å²) in [6.07, 6.45) is 10.6. The van der Waals surface area contributed by atoms with Crippen LogP contribution in [-0.4, -0.2) is 76.3 Å². The molecule has 0 radical (unpaired) electrons. The first kappa shape index (κ1) is 32.1. The predicted octanol–water partition coefficient (Wildman–Crippen LogP) is 5.22. The zero-order valence-electron chi connectivity index (χ0n) is 26.2. The van der Waals surface area contributed by atoms with Crippen molar-refractivity contribution in [3.05, 3.63) is 23.8 Å². The highest BCUT2D eigenvalue weighted by Crippen LogP contribution is 2.38. The molecule has 3 atom stereocenters. The lowest BCUT2D eigenvalue weighted by Gasteiger charge is -2.41. The van der Waals surface area contributed by atoms with E-state index in [1.807, 2.05) is 0 Å². The van der Waals surface area contributed by atoms with Gasteiger partial charge in [-0.1, -0.05) is 13.0 Å². The van der Waals surface area contributed by atoms with Gasteiger partial charge in [-0.2, -0.15) is 0 Å². The molecule has 8 nitrogen and oxygen atoms in total. The molecule has 0 spiro atoms. The molecule has 232 valence electrons. The molecule has 4 rings (SSSR count). The van der Waals surface area contributed by atoms with E-state index in [0.717, 1.165) is 95.5 Å². The molecule has 41 heavy (non-hydrogen) atoms. The van der Waals surface area contributed by atoms with Gasteiger partial charge in [0.15, 0.2) is 0 Å². The van der Waals surface area contributed by atoms with E-state index in [-0.39, 0.29) is 23.7 Å². The second kappa shape index (κ2) is 15.6. The summed E-state index contributed by atoms with van der Waals surface area (Å²) in [7, 11) is 3.55. The fourth-order valence-corrected chi connectivity index (χ4v) is 6.70. The number of hydrogen-bond acceptors (Lipinski definition) is 7. The third-order valence-corrected chi connectivity index (χ3v) is 9.08. The Hall–Kier alpha value is -1.87. The van der Waals surface area contributed by atoms with Gasteiger partial charge in [0.2, 0.25) is 5.91 Å². The van der Waals surface area contributed by atoms with Gasteiger partial charge < -0.3 is 34.5 Å². The van der Waals surface area contributed by atoms with Gasteiger partial charge in [0.1, 0.15) is 11.4 Å². The topological polar surface area (TPSA) is 81.3 Å². The summed E-state index contributed by atoms with van der Waals surface area (Å²) < 4.78 is 23.4. The second-order valence-electron chi connectivity index (χ2n) is 13.0. The highest BCUT2D eigenvalue weighted by atomic mass is 16.5. The van der Waals surface area contributed by atoms with Gasteiger partial charge in [-0.05, 0) is 95.2 Å². The number of ether oxygens (including phenoxy) is 4. The summed E-state index contributed by atoms with van der Waals surface area (Å²) in [5.74, 6) is 1.66. The van der Waals surface area contributed by atoms with Gasteiger partial charge in [0.25, 0.3) is 0 Å². The SMILES string of the molecule is CC[C@@H](CC1CC[C@@H](OCc2ccc3c(c2)N(CCCOC)CC(C)(C)O3)CN1)NC(=O)CC1CCC(OC)CC1. The average molecular weight is 574 g/mol. The van der Waals surface area contributed by atoms with Crippen molar-refractivity contribution in [2.24, 2.45) is 5.92 Å². The van der Waals surface area contributed by atoms with E-state index < -0.39 is 0 Å². The molecular formula is C33H55N3O5. The molecule has 2 N–H and O–H groups in total. The number of piperidine rings is 1. The van der Waals surface area contributed by atoms with Crippen molar-refractivity contribution in [3.8, 4) is 5.75 Å². The Kier molecular flexibility index (Phi) is 12.2. The normalized spacial score (nSPS) is 26.6. The van der Waals surface area contributed by atoms with Crippen molar-refractivity contribution in [1.82, 2.24) is 10.6 Å². The summed E-state index contributed by atoms with van der Waals surface area (Å²) in [6, 6.07) is 7.10. The van der Waals surface area contributed by atoms with Gasteiger partial charge in [-0.25, -0.2) is 0 Å². The van der Waals surface area contributed by atoms with Gasteiger partial charge >= 0.3 is 0 Å². The van der Waals surface area contributed by atoms with E-state index in [1.54, 1.807) is 14.2 Å². The number of carbonyl (C=O) groups is 1. The van der Waals surface area contributed by atoms with E-state index in [0.29, 0.717) is 31.1 Å². The summed E-state index contributed by atoms with van der Waals surface area (Å²) in [5, 5.41) is 7.03. The molecular weight excluding hydrogens is 518 g/mol. The number of amides is 1. The minimum atomic E-state index is -0.217. The van der Waals surface area contributed by atoms with Gasteiger partial charge in [0, 0.05) is 52.4 Å². The predicted molar refractivity (Wildman–Crippen MR) is 164 cm³/mol. The average Bonchev–Trinajstić information content (AvgIpc) is 2.96. The minimum absolute atomic E-state index is 0.201. The number of benzene rings is 1. The number of nitrogens with zero attached hydrogens (tertiary/aromatic N) is 1. The third kappa shape index (κ3) is 9.84. The molecule has 1 aliphatic carbocycles. The highest BCUT2D eigenvalue weighted by molar-refractivity contribution is 5.76. The maximum atomic E-state index is 12.8. The van der Waals surface area contributed by atoms with Crippen molar-refractivity contribution < 1.29 is 23.7 Å². The minimum Gasteiger partial charge on any atom is -0.484 e. The quantitative estimate of drug-likeness (QED) is 0.296. The molecule has 0 aromatic heterocycles. The van der Waals surface area contributed by atoms with Crippen molar-refractivity contribution in [1.29, 1.82) is 0 Å². The van der Waals surface area contributed by atoms with E-state index in [1.165, 1.54) is 5.56 Å². The highest BCUT2D eigenvalue weighted by Gasteiger charge is 2.32. The lowest BCUT2D eigenvalue weighted by molar-refractivity contribution is -0.123. The molecule has 3 aliphatic rings. The second-order valence-corrected chi connectivity index (χ2v) is 13.0. The number of methoxy groups -OCH3 is 2. The zero-order chi connectivity index (χ0) is 29.2. The number of fused-ring (bicyclic) bond motifs is 1. The Labute approximate surface area is 248 Å². The standard InChI is InChI=1S/C33H55N3O5/c1-6-26(35-32(37)19-24-8-12-28(39-5)13-9-24)20-27-11-14-29(21-34-27)40-22-25-10-15-31-30(18-25)36(16-7-17-38-4)23-33(2,3)41-31/h10,15,18,24,26-29,34H,6-9,11-14,16-17,19-23H2,1-5H3,(H,35,37)/t24?,26-,27?,28?,29+/m0/s1. The van der Waals surface area contributed by atoms with Crippen molar-refractivity contribution in [2.45, 2.75) is 121 Å². The number of hydrogen-bond donors (Lipinski definition) is 2. The fourth-order valence-electron chi connectivity index (χ4n) is 6.70. The lowest BCUT2D eigenvalue weighted by atomic mass is 9.85. The Balaban J connectivity index is 1.19. The van der Waals surface area contributed by atoms with Crippen LogP contribution in [-0.2, 0) is 25.6 Å². The van der Waals surface area contributed by atoms with Crippen LogP contribution in [0.15, 0.2) is 18.2 Å².